The van der Waals surface area contributed by atoms with Gasteiger partial charge in [0, 0.05) is 19.9 Å². The predicted molar refractivity (Wildman–Crippen MR) is 76.6 cm³/mol. The van der Waals surface area contributed by atoms with Crippen molar-refractivity contribution in [3.8, 4) is 0 Å². The van der Waals surface area contributed by atoms with Crippen LogP contribution in [0.4, 0.5) is 23.1 Å². The van der Waals surface area contributed by atoms with Crippen LogP contribution in [0.1, 0.15) is 0 Å². The Morgan fingerprint density at radius 3 is 2.76 bits per heavy atom. The molecule has 0 bridgehead atoms. The number of aromatic nitrogens is 3. The van der Waals surface area contributed by atoms with Gasteiger partial charge >= 0.3 is 5.69 Å². The average molecular weight is 290 g/mol. The van der Waals surface area contributed by atoms with E-state index in [1.54, 1.807) is 31.5 Å². The Balaban J connectivity index is 2.28. The smallest absolute Gasteiger partial charge is 0.353 e. The molecule has 0 fully saturated rings. The van der Waals surface area contributed by atoms with Gasteiger partial charge in [-0.3, -0.25) is 10.1 Å². The van der Waals surface area contributed by atoms with Gasteiger partial charge in [-0.15, -0.1) is 0 Å². The van der Waals surface area contributed by atoms with Crippen LogP contribution >= 0.6 is 0 Å². The summed E-state index contributed by atoms with van der Waals surface area (Å²) in [6.45, 7) is 0.807. The van der Waals surface area contributed by atoms with Crippen molar-refractivity contribution in [2.45, 2.75) is 0 Å². The maximum Gasteiger partial charge on any atom is 0.353 e. The molecule has 0 saturated heterocycles. The molecule has 9 nitrogen and oxygen atoms in total. The van der Waals surface area contributed by atoms with Crippen LogP contribution < -0.4 is 10.6 Å². The van der Waals surface area contributed by atoms with Crippen LogP contribution in [-0.4, -0.2) is 40.1 Å². The second-order valence-corrected chi connectivity index (χ2v) is 3.94. The molecule has 0 unspecified atom stereocenters. The summed E-state index contributed by atoms with van der Waals surface area (Å²) in [5.74, 6) is 0.668. The van der Waals surface area contributed by atoms with E-state index in [0.717, 1.165) is 0 Å². The van der Waals surface area contributed by atoms with E-state index in [1.807, 2.05) is 0 Å². The molecule has 0 aliphatic carbocycles. The maximum absolute atomic E-state index is 11.3. The Morgan fingerprint density at radius 2 is 2.10 bits per heavy atom. The molecule has 2 N–H and O–H groups in total. The quantitative estimate of drug-likeness (QED) is 0.448. The normalized spacial score (nSPS) is 10.1. The lowest BCUT2D eigenvalue weighted by Gasteiger charge is -2.09. The number of nitrogens with zero attached hydrogens (tertiary/aromatic N) is 4. The zero-order valence-corrected chi connectivity index (χ0v) is 11.3. The van der Waals surface area contributed by atoms with E-state index in [0.29, 0.717) is 19.0 Å². The van der Waals surface area contributed by atoms with Crippen LogP contribution in [0.2, 0.25) is 0 Å². The lowest BCUT2D eigenvalue weighted by molar-refractivity contribution is -0.383. The van der Waals surface area contributed by atoms with Gasteiger partial charge in [0.05, 0.1) is 11.5 Å². The molecule has 0 aromatic carbocycles. The Morgan fingerprint density at radius 1 is 1.29 bits per heavy atom. The molecule has 2 heterocycles. The second-order valence-electron chi connectivity index (χ2n) is 3.94. The van der Waals surface area contributed by atoms with E-state index in [1.165, 1.54) is 6.33 Å². The molecular formula is C12H14N6O3. The number of ether oxygens (including phenoxy) is 1. The van der Waals surface area contributed by atoms with Gasteiger partial charge in [0.25, 0.3) is 0 Å². The van der Waals surface area contributed by atoms with Gasteiger partial charge in [0.2, 0.25) is 11.6 Å². The monoisotopic (exact) mass is 290 g/mol. The fraction of sp³-hybridized carbons (Fsp3) is 0.250. The minimum Gasteiger partial charge on any atom is -0.383 e. The highest BCUT2D eigenvalue weighted by Crippen LogP contribution is 2.30. The van der Waals surface area contributed by atoms with Crippen LogP contribution in [0.15, 0.2) is 30.7 Å². The van der Waals surface area contributed by atoms with Crippen molar-refractivity contribution in [3.05, 3.63) is 40.8 Å². The fourth-order valence-electron chi connectivity index (χ4n) is 1.60. The highest BCUT2D eigenvalue weighted by atomic mass is 16.6. The van der Waals surface area contributed by atoms with Gasteiger partial charge in [0.1, 0.15) is 12.1 Å². The van der Waals surface area contributed by atoms with Crippen molar-refractivity contribution in [1.82, 2.24) is 15.0 Å². The molecule has 0 aliphatic heterocycles. The number of anilines is 3. The van der Waals surface area contributed by atoms with E-state index in [2.05, 4.69) is 25.6 Å². The molecule has 110 valence electrons. The first-order valence-electron chi connectivity index (χ1n) is 6.12. The van der Waals surface area contributed by atoms with Gasteiger partial charge < -0.3 is 15.4 Å². The van der Waals surface area contributed by atoms with Crippen LogP contribution in [0.25, 0.3) is 0 Å². The third-order valence-corrected chi connectivity index (χ3v) is 2.51. The largest absolute Gasteiger partial charge is 0.383 e. The number of methoxy groups -OCH3 is 1. The van der Waals surface area contributed by atoms with Gasteiger partial charge in [-0.2, -0.15) is 0 Å². The van der Waals surface area contributed by atoms with E-state index >= 15 is 0 Å². The molecule has 0 radical (unpaired) electrons. The number of nitro groups is 1. The van der Waals surface area contributed by atoms with Gasteiger partial charge in [-0.25, -0.2) is 15.0 Å². The second kappa shape index (κ2) is 7.10. The molecule has 0 spiro atoms. The Kier molecular flexibility index (Phi) is 4.94. The van der Waals surface area contributed by atoms with Crippen molar-refractivity contribution in [1.29, 1.82) is 0 Å². The lowest BCUT2D eigenvalue weighted by atomic mass is 10.4. The Labute approximate surface area is 120 Å². The highest BCUT2D eigenvalue weighted by molar-refractivity contribution is 5.72. The minimum atomic E-state index is -0.541. The summed E-state index contributed by atoms with van der Waals surface area (Å²) in [5, 5.41) is 16.9. The number of rotatable bonds is 7. The zero-order valence-electron chi connectivity index (χ0n) is 11.3. The Bertz CT molecular complexity index is 607. The standard InChI is InChI=1S/C12H14N6O3/c1-21-7-6-14-11-10(18(19)20)12(16-8-15-11)17-9-4-2-3-5-13-9/h2-5,8H,6-7H2,1H3,(H2,13,14,15,16,17). The summed E-state index contributed by atoms with van der Waals surface area (Å²) >= 11 is 0. The lowest BCUT2D eigenvalue weighted by Crippen LogP contribution is -2.12. The maximum atomic E-state index is 11.3. The fourth-order valence-corrected chi connectivity index (χ4v) is 1.60. The molecule has 0 amide bonds. The van der Waals surface area contributed by atoms with E-state index in [4.69, 9.17) is 4.74 Å². The van der Waals surface area contributed by atoms with E-state index < -0.39 is 4.92 Å². The Hall–Kier alpha value is -2.81. The number of hydrogen-bond donors (Lipinski definition) is 2. The molecule has 9 heteroatoms. The molecule has 2 rings (SSSR count). The van der Waals surface area contributed by atoms with Crippen LogP contribution in [-0.2, 0) is 4.74 Å². The van der Waals surface area contributed by atoms with Crippen LogP contribution in [0.5, 0.6) is 0 Å². The molecule has 0 aliphatic rings. The summed E-state index contributed by atoms with van der Waals surface area (Å²) in [6, 6.07) is 5.20. The minimum absolute atomic E-state index is 0.0774. The summed E-state index contributed by atoms with van der Waals surface area (Å²) in [5.41, 5.74) is -0.237. The van der Waals surface area contributed by atoms with Crippen molar-refractivity contribution in [3.63, 3.8) is 0 Å². The van der Waals surface area contributed by atoms with Gasteiger partial charge in [-0.1, -0.05) is 6.07 Å². The van der Waals surface area contributed by atoms with Gasteiger partial charge in [0.15, 0.2) is 0 Å². The summed E-state index contributed by atoms with van der Waals surface area (Å²) in [4.78, 5) is 22.6. The van der Waals surface area contributed by atoms with Crippen LogP contribution in [0.3, 0.4) is 0 Å². The van der Waals surface area contributed by atoms with Crippen molar-refractivity contribution >= 4 is 23.1 Å². The molecule has 0 atom stereocenters. The number of nitrogens with one attached hydrogen (secondary N) is 2. The topological polar surface area (TPSA) is 115 Å². The first kappa shape index (κ1) is 14.6. The predicted octanol–water partition coefficient (Wildman–Crippen LogP) is 1.58. The summed E-state index contributed by atoms with van der Waals surface area (Å²) in [6.07, 6.45) is 2.82. The van der Waals surface area contributed by atoms with Crippen molar-refractivity contribution < 1.29 is 9.66 Å². The van der Waals surface area contributed by atoms with E-state index in [9.17, 15) is 10.1 Å². The zero-order chi connectivity index (χ0) is 15.1. The van der Waals surface area contributed by atoms with Crippen LogP contribution in [0, 0.1) is 10.1 Å². The summed E-state index contributed by atoms with van der Waals surface area (Å²) < 4.78 is 4.89. The average Bonchev–Trinajstić information content (AvgIpc) is 2.48. The third-order valence-electron chi connectivity index (χ3n) is 2.51. The van der Waals surface area contributed by atoms with Crippen molar-refractivity contribution in [2.24, 2.45) is 0 Å². The van der Waals surface area contributed by atoms with Gasteiger partial charge in [-0.05, 0) is 12.1 Å². The number of hydrogen-bond acceptors (Lipinski definition) is 8. The number of pyridine rings is 1. The van der Waals surface area contributed by atoms with E-state index in [-0.39, 0.29) is 17.3 Å². The molecule has 2 aromatic heterocycles. The van der Waals surface area contributed by atoms with Crippen molar-refractivity contribution in [2.75, 3.05) is 30.9 Å². The highest BCUT2D eigenvalue weighted by Gasteiger charge is 2.23. The molecule has 2 aromatic rings. The molecule has 0 saturated carbocycles. The third kappa shape index (κ3) is 3.83. The molecule has 21 heavy (non-hydrogen) atoms. The molecular weight excluding hydrogens is 276 g/mol. The first-order valence-corrected chi connectivity index (χ1v) is 6.12. The summed E-state index contributed by atoms with van der Waals surface area (Å²) in [7, 11) is 1.55. The SMILES string of the molecule is COCCNc1ncnc(Nc2ccccn2)c1[N+](=O)[O-]. The first-order chi connectivity index (χ1) is 10.2.